The van der Waals surface area contributed by atoms with E-state index in [1.54, 1.807) is 0 Å². The average molecular weight is 336 g/mol. The molecule has 1 atom stereocenters. The minimum atomic E-state index is 0.165. The molecule has 1 unspecified atom stereocenters. The van der Waals surface area contributed by atoms with Crippen molar-refractivity contribution in [1.29, 1.82) is 0 Å². The van der Waals surface area contributed by atoms with Crippen molar-refractivity contribution in [3.8, 4) is 12.3 Å². The summed E-state index contributed by atoms with van der Waals surface area (Å²) in [5, 5.41) is 10.4. The summed E-state index contributed by atoms with van der Waals surface area (Å²) >= 11 is 3.50. The Morgan fingerprint density at radius 1 is 1.45 bits per heavy atom. The fourth-order valence-corrected chi connectivity index (χ4v) is 2.55. The second-order valence-electron chi connectivity index (χ2n) is 4.93. The smallest absolute Gasteiger partial charge is 0.107 e. The SMILES string of the molecule is C#CCOCc1cc2ccc(Br)cc2n1CC(C)CO. The third-order valence-electron chi connectivity index (χ3n) is 3.19. The van der Waals surface area contributed by atoms with E-state index >= 15 is 0 Å². The lowest BCUT2D eigenvalue weighted by Gasteiger charge is -2.14. The molecular weight excluding hydrogens is 318 g/mol. The van der Waals surface area contributed by atoms with Crippen LogP contribution in [0.3, 0.4) is 0 Å². The monoisotopic (exact) mass is 335 g/mol. The van der Waals surface area contributed by atoms with E-state index in [9.17, 15) is 5.11 Å². The van der Waals surface area contributed by atoms with E-state index < -0.39 is 0 Å². The van der Waals surface area contributed by atoms with Gasteiger partial charge in [0.25, 0.3) is 0 Å². The summed E-state index contributed by atoms with van der Waals surface area (Å²) in [6.45, 7) is 3.73. The van der Waals surface area contributed by atoms with Crippen LogP contribution in [0.4, 0.5) is 0 Å². The number of nitrogens with zero attached hydrogens (tertiary/aromatic N) is 1. The first-order valence-electron chi connectivity index (χ1n) is 6.55. The molecule has 0 saturated heterocycles. The molecule has 2 aromatic rings. The third kappa shape index (κ3) is 3.43. The quantitative estimate of drug-likeness (QED) is 0.649. The average Bonchev–Trinajstić information content (AvgIpc) is 2.77. The Bertz CT molecular complexity index is 627. The molecule has 1 aromatic carbocycles. The van der Waals surface area contributed by atoms with Crippen LogP contribution >= 0.6 is 15.9 Å². The number of ether oxygens (including phenoxy) is 1. The summed E-state index contributed by atoms with van der Waals surface area (Å²) in [5.41, 5.74) is 2.22. The van der Waals surface area contributed by atoms with E-state index in [4.69, 9.17) is 11.2 Å². The zero-order valence-electron chi connectivity index (χ0n) is 11.5. The number of aromatic nitrogens is 1. The molecule has 1 heterocycles. The fraction of sp³-hybridized carbons (Fsp3) is 0.375. The van der Waals surface area contributed by atoms with Crippen LogP contribution in [-0.4, -0.2) is 22.9 Å². The van der Waals surface area contributed by atoms with Gasteiger partial charge in [-0.15, -0.1) is 6.42 Å². The number of hydrogen-bond donors (Lipinski definition) is 1. The molecule has 20 heavy (non-hydrogen) atoms. The van der Waals surface area contributed by atoms with Crippen LogP contribution in [0.2, 0.25) is 0 Å². The van der Waals surface area contributed by atoms with Gasteiger partial charge in [-0.25, -0.2) is 0 Å². The maximum absolute atomic E-state index is 9.28. The lowest BCUT2D eigenvalue weighted by molar-refractivity contribution is 0.145. The van der Waals surface area contributed by atoms with Crippen molar-refractivity contribution < 1.29 is 9.84 Å². The third-order valence-corrected chi connectivity index (χ3v) is 3.69. The number of aliphatic hydroxyl groups is 1. The van der Waals surface area contributed by atoms with Crippen LogP contribution in [0.25, 0.3) is 10.9 Å². The molecule has 106 valence electrons. The Balaban J connectivity index is 2.38. The molecule has 0 aliphatic carbocycles. The summed E-state index contributed by atoms with van der Waals surface area (Å²) in [4.78, 5) is 0. The number of terminal acetylenes is 1. The van der Waals surface area contributed by atoms with Gasteiger partial charge in [0.1, 0.15) is 6.61 Å². The molecule has 0 bridgehead atoms. The zero-order valence-corrected chi connectivity index (χ0v) is 13.1. The molecule has 0 aliphatic heterocycles. The van der Waals surface area contributed by atoms with E-state index in [1.165, 1.54) is 0 Å². The summed E-state index contributed by atoms with van der Waals surface area (Å²) in [5.74, 6) is 2.66. The van der Waals surface area contributed by atoms with Crippen molar-refractivity contribution in [2.75, 3.05) is 13.2 Å². The van der Waals surface area contributed by atoms with Gasteiger partial charge in [-0.1, -0.05) is 34.8 Å². The molecule has 2 rings (SSSR count). The van der Waals surface area contributed by atoms with Gasteiger partial charge in [-0.3, -0.25) is 0 Å². The summed E-state index contributed by atoms with van der Waals surface area (Å²) in [6, 6.07) is 8.30. The van der Waals surface area contributed by atoms with Crippen LogP contribution < -0.4 is 0 Å². The number of rotatable bonds is 6. The van der Waals surface area contributed by atoms with Gasteiger partial charge in [0.05, 0.1) is 6.61 Å². The Labute approximate surface area is 127 Å². The van der Waals surface area contributed by atoms with Crippen molar-refractivity contribution in [2.45, 2.75) is 20.1 Å². The van der Waals surface area contributed by atoms with Crippen molar-refractivity contribution in [3.05, 3.63) is 34.4 Å². The van der Waals surface area contributed by atoms with Crippen LogP contribution in [0.1, 0.15) is 12.6 Å². The predicted octanol–water partition coefficient (Wildman–Crippen LogP) is 3.18. The van der Waals surface area contributed by atoms with Gasteiger partial charge in [0.15, 0.2) is 0 Å². The van der Waals surface area contributed by atoms with Gasteiger partial charge < -0.3 is 14.4 Å². The van der Waals surface area contributed by atoms with Gasteiger partial charge in [0, 0.05) is 34.2 Å². The highest BCUT2D eigenvalue weighted by molar-refractivity contribution is 9.10. The minimum absolute atomic E-state index is 0.165. The minimum Gasteiger partial charge on any atom is -0.396 e. The number of fused-ring (bicyclic) bond motifs is 1. The lowest BCUT2D eigenvalue weighted by atomic mass is 10.2. The first-order chi connectivity index (χ1) is 9.65. The summed E-state index contributed by atoms with van der Waals surface area (Å²) in [6.07, 6.45) is 5.21. The van der Waals surface area contributed by atoms with Crippen molar-refractivity contribution in [2.24, 2.45) is 5.92 Å². The number of halogens is 1. The highest BCUT2D eigenvalue weighted by Gasteiger charge is 2.12. The van der Waals surface area contributed by atoms with Crippen LogP contribution in [0.5, 0.6) is 0 Å². The van der Waals surface area contributed by atoms with Crippen LogP contribution in [-0.2, 0) is 17.9 Å². The Hall–Kier alpha value is -1.28. The molecule has 0 fully saturated rings. The molecule has 0 radical (unpaired) electrons. The van der Waals surface area contributed by atoms with E-state index in [0.29, 0.717) is 13.2 Å². The Kier molecular flexibility index (Phi) is 5.24. The molecule has 1 N–H and O–H groups in total. The number of hydrogen-bond acceptors (Lipinski definition) is 2. The molecule has 0 spiro atoms. The first kappa shape index (κ1) is 15.1. The van der Waals surface area contributed by atoms with Gasteiger partial charge in [-0.05, 0) is 24.1 Å². The molecule has 0 amide bonds. The number of aliphatic hydroxyl groups excluding tert-OH is 1. The van der Waals surface area contributed by atoms with Crippen molar-refractivity contribution >= 4 is 26.8 Å². The Morgan fingerprint density at radius 3 is 2.95 bits per heavy atom. The maximum atomic E-state index is 9.28. The molecule has 0 aliphatic rings. The van der Waals surface area contributed by atoms with Gasteiger partial charge >= 0.3 is 0 Å². The second kappa shape index (κ2) is 6.94. The molecule has 1 aromatic heterocycles. The van der Waals surface area contributed by atoms with E-state index in [1.807, 2.05) is 13.0 Å². The van der Waals surface area contributed by atoms with E-state index in [0.717, 1.165) is 27.6 Å². The highest BCUT2D eigenvalue weighted by atomic mass is 79.9. The summed E-state index contributed by atoms with van der Waals surface area (Å²) in [7, 11) is 0. The normalized spacial score (nSPS) is 12.5. The van der Waals surface area contributed by atoms with Gasteiger partial charge in [-0.2, -0.15) is 0 Å². The molecule has 3 nitrogen and oxygen atoms in total. The standard InChI is InChI=1S/C16H18BrNO2/c1-3-6-20-11-15-7-13-4-5-14(17)8-16(13)18(15)9-12(2)10-19/h1,4-5,7-8,12,19H,6,9-11H2,2H3. The zero-order chi connectivity index (χ0) is 14.5. The van der Waals surface area contributed by atoms with Gasteiger partial charge in [0.2, 0.25) is 0 Å². The number of benzene rings is 1. The maximum Gasteiger partial charge on any atom is 0.107 e. The van der Waals surface area contributed by atoms with Crippen LogP contribution in [0.15, 0.2) is 28.7 Å². The first-order valence-corrected chi connectivity index (χ1v) is 7.34. The van der Waals surface area contributed by atoms with Crippen LogP contribution in [0, 0.1) is 18.3 Å². The van der Waals surface area contributed by atoms with Crippen molar-refractivity contribution in [1.82, 2.24) is 4.57 Å². The van der Waals surface area contributed by atoms with E-state index in [-0.39, 0.29) is 12.5 Å². The second-order valence-corrected chi connectivity index (χ2v) is 5.85. The molecular formula is C16H18BrNO2. The molecule has 0 saturated carbocycles. The predicted molar refractivity (Wildman–Crippen MR) is 84.4 cm³/mol. The highest BCUT2D eigenvalue weighted by Crippen LogP contribution is 2.25. The topological polar surface area (TPSA) is 34.4 Å². The fourth-order valence-electron chi connectivity index (χ4n) is 2.20. The Morgan fingerprint density at radius 2 is 2.25 bits per heavy atom. The van der Waals surface area contributed by atoms with E-state index in [2.05, 4.69) is 44.6 Å². The largest absolute Gasteiger partial charge is 0.396 e. The molecule has 4 heteroatoms. The van der Waals surface area contributed by atoms with Crippen molar-refractivity contribution in [3.63, 3.8) is 0 Å². The summed E-state index contributed by atoms with van der Waals surface area (Å²) < 4.78 is 8.68. The lowest BCUT2D eigenvalue weighted by Crippen LogP contribution is -2.13.